The van der Waals surface area contributed by atoms with E-state index in [1.54, 1.807) is 0 Å². The van der Waals surface area contributed by atoms with Gasteiger partial charge in [0.05, 0.1) is 6.10 Å². The first-order valence-corrected chi connectivity index (χ1v) is 7.83. The molecular weight excluding hydrogens is 224 g/mol. The first kappa shape index (κ1) is 17.9. The average molecular weight is 258 g/mol. The van der Waals surface area contributed by atoms with E-state index in [-0.39, 0.29) is 0 Å². The first-order chi connectivity index (χ1) is 8.72. The molecule has 2 rings (SSSR count). The predicted octanol–water partition coefficient (Wildman–Crippen LogP) is 4.67. The second kappa shape index (κ2) is 12.0. The Hall–Kier alpha value is -0.0800. The lowest BCUT2D eigenvalue weighted by Gasteiger charge is -2.24. The van der Waals surface area contributed by atoms with E-state index in [9.17, 15) is 0 Å². The summed E-state index contributed by atoms with van der Waals surface area (Å²) in [6.45, 7) is 10.6. The van der Waals surface area contributed by atoms with Gasteiger partial charge in [0, 0.05) is 20.3 Å². The highest BCUT2D eigenvalue weighted by Gasteiger charge is 2.16. The minimum absolute atomic E-state index is 0.571. The summed E-state index contributed by atoms with van der Waals surface area (Å²) in [5.41, 5.74) is 0. The van der Waals surface area contributed by atoms with Crippen molar-refractivity contribution >= 4 is 0 Å². The molecule has 0 atom stereocenters. The summed E-state index contributed by atoms with van der Waals surface area (Å²) in [5.74, 6) is 1.85. The van der Waals surface area contributed by atoms with Gasteiger partial charge in [-0.25, -0.2) is 0 Å². The Morgan fingerprint density at radius 2 is 1.22 bits per heavy atom. The quantitative estimate of drug-likeness (QED) is 0.680. The minimum Gasteiger partial charge on any atom is -0.381 e. The number of methoxy groups -OCH3 is 1. The van der Waals surface area contributed by atoms with Gasteiger partial charge in [0.25, 0.3) is 0 Å². The van der Waals surface area contributed by atoms with Crippen molar-refractivity contribution in [3.8, 4) is 0 Å². The van der Waals surface area contributed by atoms with E-state index in [0.717, 1.165) is 25.0 Å². The summed E-state index contributed by atoms with van der Waals surface area (Å²) in [7, 11) is 1.82. The van der Waals surface area contributed by atoms with Gasteiger partial charge in [-0.15, -0.1) is 0 Å². The molecule has 1 heterocycles. The maximum absolute atomic E-state index is 5.24. The Morgan fingerprint density at radius 1 is 0.778 bits per heavy atom. The van der Waals surface area contributed by atoms with Gasteiger partial charge in [-0.2, -0.15) is 0 Å². The van der Waals surface area contributed by atoms with Crippen LogP contribution in [-0.4, -0.2) is 26.4 Å². The molecule has 2 nitrogen and oxygen atoms in total. The summed E-state index contributed by atoms with van der Waals surface area (Å²) in [5, 5.41) is 0. The van der Waals surface area contributed by atoms with Crippen molar-refractivity contribution in [2.45, 2.75) is 72.3 Å². The van der Waals surface area contributed by atoms with Crippen molar-refractivity contribution in [2.75, 3.05) is 20.3 Å². The number of ether oxygens (including phenoxy) is 2. The van der Waals surface area contributed by atoms with Crippen molar-refractivity contribution in [3.63, 3.8) is 0 Å². The maximum Gasteiger partial charge on any atom is 0.0571 e. The molecule has 0 spiro atoms. The standard InChI is InChI=1S/C8H16O.C6H12O.C2H6/c1-7-3-5-8(9-2)6-4-7;1-6-2-4-7-5-3-6;1-2/h7-8H,3-6H2,1-2H3;6H,2-5H2,1H3;1-2H3. The lowest BCUT2D eigenvalue weighted by molar-refractivity contribution is 0.0593. The Balaban J connectivity index is 0.000000289. The fourth-order valence-electron chi connectivity index (χ4n) is 2.28. The average Bonchev–Trinajstić information content (AvgIpc) is 2.43. The fourth-order valence-corrected chi connectivity index (χ4v) is 2.28. The van der Waals surface area contributed by atoms with Crippen LogP contribution >= 0.6 is 0 Å². The van der Waals surface area contributed by atoms with E-state index in [2.05, 4.69) is 13.8 Å². The Bertz CT molecular complexity index is 156. The molecule has 2 fully saturated rings. The molecule has 0 bridgehead atoms. The molecule has 0 aromatic carbocycles. The Labute approximate surface area is 114 Å². The molecule has 0 aromatic heterocycles. The first-order valence-electron chi connectivity index (χ1n) is 7.83. The second-order valence-corrected chi connectivity index (χ2v) is 5.41. The van der Waals surface area contributed by atoms with Crippen LogP contribution in [0.15, 0.2) is 0 Å². The minimum atomic E-state index is 0.571. The van der Waals surface area contributed by atoms with Gasteiger partial charge >= 0.3 is 0 Å². The van der Waals surface area contributed by atoms with E-state index in [0.29, 0.717) is 6.10 Å². The fraction of sp³-hybridized carbons (Fsp3) is 1.00. The van der Waals surface area contributed by atoms with Crippen LogP contribution in [0, 0.1) is 11.8 Å². The van der Waals surface area contributed by atoms with Gasteiger partial charge in [0.1, 0.15) is 0 Å². The molecule has 0 amide bonds. The topological polar surface area (TPSA) is 18.5 Å². The summed E-state index contributed by atoms with van der Waals surface area (Å²) >= 11 is 0. The number of hydrogen-bond donors (Lipinski definition) is 0. The van der Waals surface area contributed by atoms with Gasteiger partial charge in [0.2, 0.25) is 0 Å². The molecule has 1 aliphatic carbocycles. The molecule has 0 N–H and O–H groups in total. The third-order valence-electron chi connectivity index (χ3n) is 3.81. The number of hydrogen-bond acceptors (Lipinski definition) is 2. The van der Waals surface area contributed by atoms with E-state index in [4.69, 9.17) is 9.47 Å². The highest BCUT2D eigenvalue weighted by Crippen LogP contribution is 2.24. The van der Waals surface area contributed by atoms with Gasteiger partial charge in [-0.1, -0.05) is 27.7 Å². The molecular formula is C16H34O2. The summed E-state index contributed by atoms with van der Waals surface area (Å²) in [6, 6.07) is 0. The van der Waals surface area contributed by atoms with Crippen LogP contribution in [0.25, 0.3) is 0 Å². The summed E-state index contributed by atoms with van der Waals surface area (Å²) < 4.78 is 10.4. The molecule has 18 heavy (non-hydrogen) atoms. The van der Waals surface area contributed by atoms with E-state index in [1.165, 1.54) is 38.5 Å². The molecule has 0 radical (unpaired) electrons. The van der Waals surface area contributed by atoms with Crippen molar-refractivity contribution in [1.82, 2.24) is 0 Å². The monoisotopic (exact) mass is 258 g/mol. The normalized spacial score (nSPS) is 28.5. The van der Waals surface area contributed by atoms with Crippen LogP contribution in [0.2, 0.25) is 0 Å². The molecule has 0 unspecified atom stereocenters. The van der Waals surface area contributed by atoms with Crippen molar-refractivity contribution in [1.29, 1.82) is 0 Å². The molecule has 1 saturated heterocycles. The smallest absolute Gasteiger partial charge is 0.0571 e. The highest BCUT2D eigenvalue weighted by molar-refractivity contribution is 4.68. The molecule has 1 saturated carbocycles. The summed E-state index contributed by atoms with van der Waals surface area (Å²) in [4.78, 5) is 0. The van der Waals surface area contributed by atoms with E-state index >= 15 is 0 Å². The largest absolute Gasteiger partial charge is 0.381 e. The lowest BCUT2D eigenvalue weighted by atomic mass is 9.89. The zero-order valence-corrected chi connectivity index (χ0v) is 13.2. The van der Waals surface area contributed by atoms with E-state index < -0.39 is 0 Å². The van der Waals surface area contributed by atoms with Gasteiger partial charge in [-0.3, -0.25) is 0 Å². The predicted molar refractivity (Wildman–Crippen MR) is 79.0 cm³/mol. The third kappa shape index (κ3) is 8.93. The van der Waals surface area contributed by atoms with Crippen LogP contribution in [0.1, 0.15) is 66.2 Å². The van der Waals surface area contributed by atoms with Gasteiger partial charge < -0.3 is 9.47 Å². The van der Waals surface area contributed by atoms with Crippen LogP contribution in [0.4, 0.5) is 0 Å². The van der Waals surface area contributed by atoms with Crippen LogP contribution in [0.3, 0.4) is 0 Å². The van der Waals surface area contributed by atoms with Crippen LogP contribution in [0.5, 0.6) is 0 Å². The zero-order chi connectivity index (χ0) is 13.8. The van der Waals surface area contributed by atoms with Crippen LogP contribution < -0.4 is 0 Å². The summed E-state index contributed by atoms with van der Waals surface area (Å²) in [6.07, 6.45) is 8.37. The molecule has 110 valence electrons. The lowest BCUT2D eigenvalue weighted by Crippen LogP contribution is -2.18. The Morgan fingerprint density at radius 3 is 1.56 bits per heavy atom. The van der Waals surface area contributed by atoms with Crippen LogP contribution in [-0.2, 0) is 9.47 Å². The molecule has 2 heteroatoms. The van der Waals surface area contributed by atoms with Crippen molar-refractivity contribution < 1.29 is 9.47 Å². The van der Waals surface area contributed by atoms with E-state index in [1.807, 2.05) is 21.0 Å². The highest BCUT2D eigenvalue weighted by atomic mass is 16.5. The van der Waals surface area contributed by atoms with Gasteiger partial charge in [-0.05, 0) is 50.4 Å². The maximum atomic E-state index is 5.24. The third-order valence-corrected chi connectivity index (χ3v) is 3.81. The molecule has 0 aromatic rings. The Kier molecular flexibility index (Phi) is 11.9. The zero-order valence-electron chi connectivity index (χ0n) is 13.2. The van der Waals surface area contributed by atoms with Crippen molar-refractivity contribution in [2.24, 2.45) is 11.8 Å². The van der Waals surface area contributed by atoms with Gasteiger partial charge in [0.15, 0.2) is 0 Å². The molecule has 1 aliphatic heterocycles. The van der Waals surface area contributed by atoms with Crippen molar-refractivity contribution in [3.05, 3.63) is 0 Å². The SMILES string of the molecule is CC.CC1CCOCC1.COC1CCC(C)CC1. The molecule has 2 aliphatic rings. The number of rotatable bonds is 1. The second-order valence-electron chi connectivity index (χ2n) is 5.41.